The SMILES string of the molecule is c1cc(-c2cscc2-c2cc[nH]c2)c[nH]1. The molecule has 3 heterocycles. The van der Waals surface area contributed by atoms with Gasteiger partial charge in [0.1, 0.15) is 0 Å². The summed E-state index contributed by atoms with van der Waals surface area (Å²) in [5.41, 5.74) is 5.07. The minimum Gasteiger partial charge on any atom is -0.367 e. The molecule has 0 fully saturated rings. The zero-order chi connectivity index (χ0) is 10.1. The Kier molecular flexibility index (Phi) is 1.96. The Balaban J connectivity index is 2.15. The first-order valence-corrected chi connectivity index (χ1v) is 5.72. The summed E-state index contributed by atoms with van der Waals surface area (Å²) >= 11 is 1.73. The average Bonchev–Trinajstić information content (AvgIpc) is 3.01. The lowest BCUT2D eigenvalue weighted by atomic mass is 10.0. The van der Waals surface area contributed by atoms with Gasteiger partial charge in [0, 0.05) is 47.0 Å². The van der Waals surface area contributed by atoms with Crippen LogP contribution in [-0.4, -0.2) is 9.97 Å². The maximum absolute atomic E-state index is 3.09. The van der Waals surface area contributed by atoms with Crippen LogP contribution < -0.4 is 0 Å². The van der Waals surface area contributed by atoms with E-state index in [1.165, 1.54) is 22.3 Å². The molecule has 2 N–H and O–H groups in total. The fraction of sp³-hybridized carbons (Fsp3) is 0. The van der Waals surface area contributed by atoms with E-state index in [2.05, 4.69) is 32.9 Å². The minimum absolute atomic E-state index is 1.24. The number of hydrogen-bond donors (Lipinski definition) is 2. The van der Waals surface area contributed by atoms with Crippen LogP contribution in [0, 0.1) is 0 Å². The highest BCUT2D eigenvalue weighted by Gasteiger charge is 2.08. The summed E-state index contributed by atoms with van der Waals surface area (Å²) in [5, 5.41) is 4.37. The van der Waals surface area contributed by atoms with Crippen LogP contribution in [0.4, 0.5) is 0 Å². The van der Waals surface area contributed by atoms with Crippen LogP contribution in [0.3, 0.4) is 0 Å². The molecule has 0 radical (unpaired) electrons. The van der Waals surface area contributed by atoms with Gasteiger partial charge in [-0.05, 0) is 22.9 Å². The Morgan fingerprint density at radius 1 is 0.800 bits per heavy atom. The molecule has 0 saturated heterocycles. The van der Waals surface area contributed by atoms with Crippen LogP contribution in [0.5, 0.6) is 0 Å². The Labute approximate surface area is 91.6 Å². The van der Waals surface area contributed by atoms with E-state index in [1.54, 1.807) is 11.3 Å². The van der Waals surface area contributed by atoms with Crippen LogP contribution >= 0.6 is 11.3 Å². The average molecular weight is 214 g/mol. The van der Waals surface area contributed by atoms with Gasteiger partial charge in [-0.25, -0.2) is 0 Å². The van der Waals surface area contributed by atoms with E-state index in [0.29, 0.717) is 0 Å². The molecular weight excluding hydrogens is 204 g/mol. The molecule has 0 aromatic carbocycles. The number of hydrogen-bond acceptors (Lipinski definition) is 1. The molecule has 0 spiro atoms. The maximum atomic E-state index is 3.09. The smallest absolute Gasteiger partial charge is 0.00846 e. The molecule has 2 nitrogen and oxygen atoms in total. The molecule has 0 amide bonds. The summed E-state index contributed by atoms with van der Waals surface area (Å²) in [7, 11) is 0. The van der Waals surface area contributed by atoms with Gasteiger partial charge in [0.2, 0.25) is 0 Å². The number of aromatic amines is 2. The van der Waals surface area contributed by atoms with Gasteiger partial charge in [0.25, 0.3) is 0 Å². The summed E-state index contributed by atoms with van der Waals surface area (Å²) in [6.45, 7) is 0. The van der Waals surface area contributed by atoms with E-state index >= 15 is 0 Å². The Morgan fingerprint density at radius 2 is 1.33 bits per heavy atom. The normalized spacial score (nSPS) is 10.7. The fourth-order valence-electron chi connectivity index (χ4n) is 1.73. The second kappa shape index (κ2) is 3.44. The molecule has 0 bridgehead atoms. The third-order valence-corrected chi connectivity index (χ3v) is 3.22. The van der Waals surface area contributed by atoms with E-state index in [-0.39, 0.29) is 0 Å². The van der Waals surface area contributed by atoms with Gasteiger partial charge in [-0.2, -0.15) is 11.3 Å². The highest BCUT2D eigenvalue weighted by Crippen LogP contribution is 2.34. The van der Waals surface area contributed by atoms with Crippen LogP contribution in [0.15, 0.2) is 47.7 Å². The van der Waals surface area contributed by atoms with Gasteiger partial charge in [-0.15, -0.1) is 0 Å². The zero-order valence-corrected chi connectivity index (χ0v) is 8.84. The van der Waals surface area contributed by atoms with E-state index in [9.17, 15) is 0 Å². The van der Waals surface area contributed by atoms with Crippen molar-refractivity contribution in [2.24, 2.45) is 0 Å². The second-order valence-electron chi connectivity index (χ2n) is 3.40. The van der Waals surface area contributed by atoms with Crippen LogP contribution in [0.1, 0.15) is 0 Å². The molecule has 3 aromatic heterocycles. The Hall–Kier alpha value is -1.74. The van der Waals surface area contributed by atoms with Crippen molar-refractivity contribution in [3.8, 4) is 22.3 Å². The van der Waals surface area contributed by atoms with Crippen molar-refractivity contribution in [1.29, 1.82) is 0 Å². The van der Waals surface area contributed by atoms with Crippen LogP contribution in [0.2, 0.25) is 0 Å². The van der Waals surface area contributed by atoms with E-state index in [0.717, 1.165) is 0 Å². The third-order valence-electron chi connectivity index (χ3n) is 2.48. The van der Waals surface area contributed by atoms with Gasteiger partial charge in [0.15, 0.2) is 0 Å². The first-order valence-electron chi connectivity index (χ1n) is 4.77. The maximum Gasteiger partial charge on any atom is 0.00846 e. The summed E-state index contributed by atoms with van der Waals surface area (Å²) in [4.78, 5) is 6.17. The first-order chi connectivity index (χ1) is 7.45. The lowest BCUT2D eigenvalue weighted by Crippen LogP contribution is -1.74. The van der Waals surface area contributed by atoms with Crippen molar-refractivity contribution < 1.29 is 0 Å². The molecule has 15 heavy (non-hydrogen) atoms. The monoisotopic (exact) mass is 214 g/mol. The summed E-state index contributed by atoms with van der Waals surface area (Å²) in [6, 6.07) is 4.19. The molecule has 74 valence electrons. The van der Waals surface area contributed by atoms with Crippen molar-refractivity contribution in [3.63, 3.8) is 0 Å². The molecule has 3 rings (SSSR count). The molecule has 0 aliphatic rings. The molecule has 0 saturated carbocycles. The number of thiophene rings is 1. The highest BCUT2D eigenvalue weighted by molar-refractivity contribution is 7.08. The second-order valence-corrected chi connectivity index (χ2v) is 4.14. The largest absolute Gasteiger partial charge is 0.367 e. The van der Waals surface area contributed by atoms with Gasteiger partial charge in [-0.3, -0.25) is 0 Å². The molecule has 0 unspecified atom stereocenters. The minimum atomic E-state index is 1.24. The van der Waals surface area contributed by atoms with Crippen LogP contribution in [-0.2, 0) is 0 Å². The summed E-state index contributed by atoms with van der Waals surface area (Å²) in [6.07, 6.45) is 7.96. The lowest BCUT2D eigenvalue weighted by Gasteiger charge is -1.98. The molecule has 3 aromatic rings. The van der Waals surface area contributed by atoms with Gasteiger partial charge >= 0.3 is 0 Å². The van der Waals surface area contributed by atoms with Crippen molar-refractivity contribution in [2.45, 2.75) is 0 Å². The number of nitrogens with one attached hydrogen (secondary N) is 2. The lowest BCUT2D eigenvalue weighted by molar-refractivity contribution is 1.41. The van der Waals surface area contributed by atoms with Crippen molar-refractivity contribution in [2.75, 3.05) is 0 Å². The summed E-state index contributed by atoms with van der Waals surface area (Å²) < 4.78 is 0. The van der Waals surface area contributed by atoms with Gasteiger partial charge in [-0.1, -0.05) is 0 Å². The zero-order valence-electron chi connectivity index (χ0n) is 8.03. The fourth-order valence-corrected chi connectivity index (χ4v) is 2.59. The molecule has 0 aliphatic heterocycles. The summed E-state index contributed by atoms with van der Waals surface area (Å²) in [5.74, 6) is 0. The standard InChI is InChI=1S/C12H10N2S/c1-3-13-5-9(1)11-7-15-8-12(11)10-2-4-14-6-10/h1-8,13-14H. The van der Waals surface area contributed by atoms with E-state index in [4.69, 9.17) is 0 Å². The van der Waals surface area contributed by atoms with Crippen molar-refractivity contribution in [3.05, 3.63) is 47.7 Å². The molecule has 0 atom stereocenters. The van der Waals surface area contributed by atoms with E-state index < -0.39 is 0 Å². The molecular formula is C12H10N2S. The third kappa shape index (κ3) is 1.41. The Morgan fingerprint density at radius 3 is 1.73 bits per heavy atom. The number of H-pyrrole nitrogens is 2. The topological polar surface area (TPSA) is 31.6 Å². The van der Waals surface area contributed by atoms with Gasteiger partial charge in [0.05, 0.1) is 0 Å². The van der Waals surface area contributed by atoms with Crippen LogP contribution in [0.25, 0.3) is 22.3 Å². The van der Waals surface area contributed by atoms with Crippen molar-refractivity contribution >= 4 is 11.3 Å². The highest BCUT2D eigenvalue weighted by atomic mass is 32.1. The first kappa shape index (κ1) is 8.56. The molecule has 3 heteroatoms. The van der Waals surface area contributed by atoms with E-state index in [1.807, 2.05) is 24.8 Å². The predicted molar refractivity (Wildman–Crippen MR) is 63.9 cm³/mol. The number of aromatic nitrogens is 2. The Bertz CT molecular complexity index is 483. The van der Waals surface area contributed by atoms with Crippen molar-refractivity contribution in [1.82, 2.24) is 9.97 Å². The number of rotatable bonds is 2. The van der Waals surface area contributed by atoms with Gasteiger partial charge < -0.3 is 9.97 Å². The molecule has 0 aliphatic carbocycles. The predicted octanol–water partition coefficient (Wildman–Crippen LogP) is 3.74. The quantitative estimate of drug-likeness (QED) is 0.651.